The summed E-state index contributed by atoms with van der Waals surface area (Å²) >= 11 is 0. The van der Waals surface area contributed by atoms with Crippen molar-refractivity contribution in [3.05, 3.63) is 35.4 Å². The van der Waals surface area contributed by atoms with Gasteiger partial charge in [0.05, 0.1) is 6.61 Å². The Kier molecular flexibility index (Phi) is 6.37. The Morgan fingerprint density at radius 1 is 1.17 bits per heavy atom. The van der Waals surface area contributed by atoms with Gasteiger partial charge in [-0.25, -0.2) is 0 Å². The van der Waals surface area contributed by atoms with Crippen molar-refractivity contribution in [1.82, 2.24) is 5.32 Å². The van der Waals surface area contributed by atoms with Crippen molar-refractivity contribution in [2.45, 2.75) is 39.0 Å². The first-order valence-corrected chi connectivity index (χ1v) is 6.96. The molecule has 0 spiro atoms. The minimum absolute atomic E-state index is 0.249. The molecule has 0 aliphatic heterocycles. The maximum Gasteiger partial charge on any atom is 0.0587 e. The van der Waals surface area contributed by atoms with Gasteiger partial charge in [-0.1, -0.05) is 38.1 Å². The van der Waals surface area contributed by atoms with Crippen LogP contribution in [0.4, 0.5) is 0 Å². The summed E-state index contributed by atoms with van der Waals surface area (Å²) in [5.74, 6) is 0. The third-order valence-electron chi connectivity index (χ3n) is 4.02. The van der Waals surface area contributed by atoms with Crippen LogP contribution in [0.15, 0.2) is 24.3 Å². The van der Waals surface area contributed by atoms with E-state index in [1.54, 1.807) is 7.11 Å². The second kappa shape index (κ2) is 7.55. The predicted molar refractivity (Wildman–Crippen MR) is 78.2 cm³/mol. The smallest absolute Gasteiger partial charge is 0.0587 e. The lowest BCUT2D eigenvalue weighted by Crippen LogP contribution is -2.39. The number of rotatable bonds is 8. The maximum absolute atomic E-state index is 5.09. The highest BCUT2D eigenvalue weighted by Crippen LogP contribution is 2.33. The summed E-state index contributed by atoms with van der Waals surface area (Å²) in [5.41, 5.74) is 3.13. The Morgan fingerprint density at radius 3 is 2.39 bits per heavy atom. The fraction of sp³-hybridized carbons (Fsp3) is 0.625. The molecule has 0 saturated carbocycles. The standard InChI is InChI=1S/C16H27NO/c1-5-16(6-2,13-17-11-12-18-4)15-10-8-7-9-14(15)3/h7-10,17H,5-6,11-13H2,1-4H3. The molecule has 2 nitrogen and oxygen atoms in total. The molecule has 0 atom stereocenters. The van der Waals surface area contributed by atoms with Crippen molar-refractivity contribution >= 4 is 0 Å². The van der Waals surface area contributed by atoms with E-state index in [4.69, 9.17) is 4.74 Å². The third kappa shape index (κ3) is 3.56. The molecular formula is C16H27NO. The van der Waals surface area contributed by atoms with Crippen LogP contribution in [0.3, 0.4) is 0 Å². The second-order valence-corrected chi connectivity index (χ2v) is 4.97. The lowest BCUT2D eigenvalue weighted by molar-refractivity contribution is 0.195. The molecule has 0 heterocycles. The zero-order valence-corrected chi connectivity index (χ0v) is 12.3. The summed E-state index contributed by atoms with van der Waals surface area (Å²) in [6.45, 7) is 9.50. The van der Waals surface area contributed by atoms with Crippen molar-refractivity contribution in [2.24, 2.45) is 0 Å². The van der Waals surface area contributed by atoms with Gasteiger partial charge in [-0.2, -0.15) is 0 Å². The summed E-state index contributed by atoms with van der Waals surface area (Å²) in [4.78, 5) is 0. The van der Waals surface area contributed by atoms with Crippen LogP contribution >= 0.6 is 0 Å². The highest BCUT2D eigenvalue weighted by molar-refractivity contribution is 5.33. The van der Waals surface area contributed by atoms with Crippen LogP contribution in [0.25, 0.3) is 0 Å². The largest absolute Gasteiger partial charge is 0.383 e. The summed E-state index contributed by atoms with van der Waals surface area (Å²) in [6, 6.07) is 8.76. The monoisotopic (exact) mass is 249 g/mol. The predicted octanol–water partition coefficient (Wildman–Crippen LogP) is 3.29. The van der Waals surface area contributed by atoms with Crippen molar-refractivity contribution in [1.29, 1.82) is 0 Å². The van der Waals surface area contributed by atoms with Gasteiger partial charge in [0.2, 0.25) is 0 Å². The molecule has 1 N–H and O–H groups in total. The van der Waals surface area contributed by atoms with E-state index in [1.165, 1.54) is 11.1 Å². The summed E-state index contributed by atoms with van der Waals surface area (Å²) < 4.78 is 5.09. The third-order valence-corrected chi connectivity index (χ3v) is 4.02. The van der Waals surface area contributed by atoms with Gasteiger partial charge < -0.3 is 10.1 Å². The van der Waals surface area contributed by atoms with Gasteiger partial charge in [0.1, 0.15) is 0 Å². The summed E-state index contributed by atoms with van der Waals surface area (Å²) in [5, 5.41) is 3.53. The Bertz CT molecular complexity index is 345. The van der Waals surface area contributed by atoms with E-state index in [0.717, 1.165) is 32.5 Å². The van der Waals surface area contributed by atoms with Crippen LogP contribution in [-0.2, 0) is 10.2 Å². The van der Waals surface area contributed by atoms with E-state index in [1.807, 2.05) is 0 Å². The quantitative estimate of drug-likeness (QED) is 0.714. The number of nitrogens with one attached hydrogen (secondary N) is 1. The van der Waals surface area contributed by atoms with Crippen LogP contribution in [0.1, 0.15) is 37.8 Å². The van der Waals surface area contributed by atoms with Gasteiger partial charge in [0.15, 0.2) is 0 Å². The molecule has 1 rings (SSSR count). The molecule has 0 unspecified atom stereocenters. The zero-order valence-electron chi connectivity index (χ0n) is 12.3. The molecule has 0 aromatic heterocycles. The zero-order chi connectivity index (χ0) is 13.4. The van der Waals surface area contributed by atoms with Crippen LogP contribution < -0.4 is 5.32 Å². The molecule has 2 heteroatoms. The van der Waals surface area contributed by atoms with Gasteiger partial charge >= 0.3 is 0 Å². The topological polar surface area (TPSA) is 21.3 Å². The SMILES string of the molecule is CCC(CC)(CNCCOC)c1ccccc1C. The second-order valence-electron chi connectivity index (χ2n) is 4.97. The molecule has 102 valence electrons. The maximum atomic E-state index is 5.09. The molecule has 0 aliphatic rings. The van der Waals surface area contributed by atoms with E-state index in [-0.39, 0.29) is 5.41 Å². The molecule has 0 amide bonds. The van der Waals surface area contributed by atoms with Crippen molar-refractivity contribution in [3.63, 3.8) is 0 Å². The molecule has 18 heavy (non-hydrogen) atoms. The highest BCUT2D eigenvalue weighted by atomic mass is 16.5. The molecule has 0 bridgehead atoms. The lowest BCUT2D eigenvalue weighted by atomic mass is 9.74. The van der Waals surface area contributed by atoms with Crippen molar-refractivity contribution < 1.29 is 4.74 Å². The number of benzene rings is 1. The molecule has 0 radical (unpaired) electrons. The highest BCUT2D eigenvalue weighted by Gasteiger charge is 2.29. The molecule has 1 aromatic rings. The first kappa shape index (κ1) is 15.2. The molecule has 1 aromatic carbocycles. The van der Waals surface area contributed by atoms with Crippen LogP contribution in [-0.4, -0.2) is 26.8 Å². The average Bonchev–Trinajstić information content (AvgIpc) is 2.41. The number of methoxy groups -OCH3 is 1. The van der Waals surface area contributed by atoms with Gasteiger partial charge in [-0.05, 0) is 30.9 Å². The molecule has 0 fully saturated rings. The van der Waals surface area contributed by atoms with Crippen molar-refractivity contribution in [3.8, 4) is 0 Å². The Hall–Kier alpha value is -0.860. The van der Waals surface area contributed by atoms with E-state index in [2.05, 4.69) is 50.4 Å². The molecular weight excluding hydrogens is 222 g/mol. The van der Waals surface area contributed by atoms with Crippen molar-refractivity contribution in [2.75, 3.05) is 26.8 Å². The van der Waals surface area contributed by atoms with Gasteiger partial charge in [0.25, 0.3) is 0 Å². The number of ether oxygens (including phenoxy) is 1. The summed E-state index contributed by atoms with van der Waals surface area (Å²) in [6.07, 6.45) is 2.32. The minimum atomic E-state index is 0.249. The van der Waals surface area contributed by atoms with Crippen LogP contribution in [0.2, 0.25) is 0 Å². The number of hydrogen-bond acceptors (Lipinski definition) is 2. The van der Waals surface area contributed by atoms with Gasteiger partial charge in [-0.15, -0.1) is 0 Å². The van der Waals surface area contributed by atoms with Crippen LogP contribution in [0.5, 0.6) is 0 Å². The van der Waals surface area contributed by atoms with E-state index in [9.17, 15) is 0 Å². The number of aryl methyl sites for hydroxylation is 1. The van der Waals surface area contributed by atoms with Crippen LogP contribution in [0, 0.1) is 6.92 Å². The molecule has 0 aliphatic carbocycles. The summed E-state index contributed by atoms with van der Waals surface area (Å²) in [7, 11) is 1.75. The fourth-order valence-corrected chi connectivity index (χ4v) is 2.65. The Balaban J connectivity index is 2.83. The van der Waals surface area contributed by atoms with E-state index in [0.29, 0.717) is 0 Å². The number of hydrogen-bond donors (Lipinski definition) is 1. The van der Waals surface area contributed by atoms with Gasteiger partial charge in [-0.3, -0.25) is 0 Å². The Morgan fingerprint density at radius 2 is 1.83 bits per heavy atom. The van der Waals surface area contributed by atoms with E-state index < -0.39 is 0 Å². The minimum Gasteiger partial charge on any atom is -0.383 e. The fourth-order valence-electron chi connectivity index (χ4n) is 2.65. The van der Waals surface area contributed by atoms with E-state index >= 15 is 0 Å². The molecule has 0 saturated heterocycles. The van der Waals surface area contributed by atoms with Gasteiger partial charge in [0, 0.05) is 25.6 Å². The first-order valence-electron chi connectivity index (χ1n) is 6.96. The Labute approximate surface area is 112 Å². The average molecular weight is 249 g/mol. The normalized spacial score (nSPS) is 11.8. The first-order chi connectivity index (χ1) is 8.70. The lowest BCUT2D eigenvalue weighted by Gasteiger charge is -2.34.